The number of guanidine groups is 1. The molecule has 0 fully saturated rings. The summed E-state index contributed by atoms with van der Waals surface area (Å²) in [6, 6.07) is 4.94. The Morgan fingerprint density at radius 2 is 2.00 bits per heavy atom. The molecule has 102 valence electrons. The van der Waals surface area contributed by atoms with E-state index in [9.17, 15) is 5.11 Å². The van der Waals surface area contributed by atoms with Crippen LogP contribution in [0.4, 0.5) is 0 Å². The van der Waals surface area contributed by atoms with Crippen LogP contribution in [0.1, 0.15) is 11.7 Å². The molecule has 0 aliphatic carbocycles. The Hall–Kier alpha value is -1.41. The summed E-state index contributed by atoms with van der Waals surface area (Å²) in [4.78, 5) is 3.96. The highest BCUT2D eigenvalue weighted by molar-refractivity contribution is 6.34. The fraction of sp³-hybridized carbons (Fsp3) is 0.308. The van der Waals surface area contributed by atoms with Gasteiger partial charge in [0.1, 0.15) is 0 Å². The van der Waals surface area contributed by atoms with E-state index in [-0.39, 0.29) is 6.54 Å². The lowest BCUT2D eigenvalue weighted by Gasteiger charge is -2.15. The lowest BCUT2D eigenvalue weighted by molar-refractivity contribution is 0.181. The summed E-state index contributed by atoms with van der Waals surface area (Å²) in [7, 11) is 1.62. The average molecular weight is 300 g/mol. The van der Waals surface area contributed by atoms with Crippen molar-refractivity contribution in [3.8, 4) is 12.3 Å². The van der Waals surface area contributed by atoms with Gasteiger partial charge in [0, 0.05) is 23.6 Å². The van der Waals surface area contributed by atoms with Gasteiger partial charge in [-0.15, -0.1) is 6.42 Å². The van der Waals surface area contributed by atoms with E-state index >= 15 is 0 Å². The monoisotopic (exact) mass is 299 g/mol. The van der Waals surface area contributed by atoms with Crippen LogP contribution in [0.15, 0.2) is 23.2 Å². The Morgan fingerprint density at radius 1 is 1.37 bits per heavy atom. The zero-order valence-corrected chi connectivity index (χ0v) is 12.0. The second-order valence-corrected chi connectivity index (χ2v) is 4.60. The van der Waals surface area contributed by atoms with Crippen LogP contribution >= 0.6 is 23.2 Å². The average Bonchev–Trinajstić information content (AvgIpc) is 2.37. The van der Waals surface area contributed by atoms with Gasteiger partial charge < -0.3 is 15.7 Å². The van der Waals surface area contributed by atoms with Crippen molar-refractivity contribution < 1.29 is 5.11 Å². The Bertz CT molecular complexity index is 477. The summed E-state index contributed by atoms with van der Waals surface area (Å²) < 4.78 is 0. The summed E-state index contributed by atoms with van der Waals surface area (Å²) >= 11 is 11.8. The molecular formula is C13H15Cl2N3O. The minimum Gasteiger partial charge on any atom is -0.387 e. The fourth-order valence-electron chi connectivity index (χ4n) is 1.43. The second kappa shape index (κ2) is 7.90. The van der Waals surface area contributed by atoms with Crippen molar-refractivity contribution in [2.75, 3.05) is 20.1 Å². The normalized spacial score (nSPS) is 12.7. The zero-order valence-electron chi connectivity index (χ0n) is 10.5. The molecule has 0 saturated heterocycles. The van der Waals surface area contributed by atoms with Gasteiger partial charge in [-0.3, -0.25) is 4.99 Å². The minimum atomic E-state index is -0.749. The van der Waals surface area contributed by atoms with Crippen LogP contribution in [0.3, 0.4) is 0 Å². The molecule has 0 aromatic heterocycles. The number of nitrogens with one attached hydrogen (secondary N) is 2. The maximum Gasteiger partial charge on any atom is 0.191 e. The Labute approximate surface area is 122 Å². The van der Waals surface area contributed by atoms with E-state index in [4.69, 9.17) is 29.6 Å². The van der Waals surface area contributed by atoms with Crippen molar-refractivity contribution in [2.45, 2.75) is 6.10 Å². The Morgan fingerprint density at radius 3 is 2.53 bits per heavy atom. The predicted octanol–water partition coefficient (Wildman–Crippen LogP) is 1.82. The summed E-state index contributed by atoms with van der Waals surface area (Å²) in [5, 5.41) is 16.8. The zero-order chi connectivity index (χ0) is 14.3. The SMILES string of the molecule is C#CCNC(=NC)NCC(O)c1cc(Cl)cc(Cl)c1. The topological polar surface area (TPSA) is 56.7 Å². The first-order valence-electron chi connectivity index (χ1n) is 5.59. The summed E-state index contributed by atoms with van der Waals surface area (Å²) in [6.45, 7) is 0.625. The number of aliphatic imine (C=N–C) groups is 1. The maximum atomic E-state index is 10.0. The maximum absolute atomic E-state index is 10.0. The largest absolute Gasteiger partial charge is 0.387 e. The lowest BCUT2D eigenvalue weighted by atomic mass is 10.1. The number of aliphatic hydroxyl groups is 1. The molecule has 0 aliphatic rings. The van der Waals surface area contributed by atoms with Crippen LogP contribution in [0.2, 0.25) is 10.0 Å². The minimum absolute atomic E-state index is 0.265. The summed E-state index contributed by atoms with van der Waals surface area (Å²) in [5.41, 5.74) is 0.636. The van der Waals surface area contributed by atoms with E-state index in [1.807, 2.05) is 0 Å². The van der Waals surface area contributed by atoms with Crippen LogP contribution in [0.25, 0.3) is 0 Å². The molecule has 0 bridgehead atoms. The third-order valence-electron chi connectivity index (χ3n) is 2.31. The van der Waals surface area contributed by atoms with Crippen LogP contribution in [0, 0.1) is 12.3 Å². The highest BCUT2D eigenvalue weighted by atomic mass is 35.5. The molecule has 6 heteroatoms. The Balaban J connectivity index is 2.59. The van der Waals surface area contributed by atoms with Gasteiger partial charge >= 0.3 is 0 Å². The summed E-state index contributed by atoms with van der Waals surface area (Å²) in [5.74, 6) is 2.96. The molecule has 1 atom stereocenters. The van der Waals surface area contributed by atoms with E-state index in [2.05, 4.69) is 21.5 Å². The first kappa shape index (κ1) is 15.6. The molecule has 0 saturated carbocycles. The van der Waals surface area contributed by atoms with Crippen LogP contribution in [0.5, 0.6) is 0 Å². The van der Waals surface area contributed by atoms with Crippen LogP contribution < -0.4 is 10.6 Å². The molecule has 0 spiro atoms. The molecule has 1 unspecified atom stereocenters. The first-order chi connectivity index (χ1) is 9.06. The molecular weight excluding hydrogens is 285 g/mol. The van der Waals surface area contributed by atoms with Gasteiger partial charge in [0.25, 0.3) is 0 Å². The van der Waals surface area contributed by atoms with Gasteiger partial charge in [-0.25, -0.2) is 0 Å². The predicted molar refractivity (Wildman–Crippen MR) is 79.6 cm³/mol. The van der Waals surface area contributed by atoms with Crippen molar-refractivity contribution >= 4 is 29.2 Å². The van der Waals surface area contributed by atoms with Gasteiger partial charge in [-0.2, -0.15) is 0 Å². The van der Waals surface area contributed by atoms with Gasteiger partial charge in [0.2, 0.25) is 0 Å². The lowest BCUT2D eigenvalue weighted by Crippen LogP contribution is -2.39. The molecule has 0 radical (unpaired) electrons. The molecule has 0 aliphatic heterocycles. The molecule has 1 rings (SSSR count). The third-order valence-corrected chi connectivity index (χ3v) is 2.75. The van der Waals surface area contributed by atoms with Crippen molar-refractivity contribution in [3.05, 3.63) is 33.8 Å². The van der Waals surface area contributed by atoms with Crippen molar-refractivity contribution in [2.24, 2.45) is 4.99 Å². The van der Waals surface area contributed by atoms with Crippen molar-refractivity contribution in [3.63, 3.8) is 0 Å². The van der Waals surface area contributed by atoms with Gasteiger partial charge in [-0.05, 0) is 23.8 Å². The van der Waals surface area contributed by atoms with Gasteiger partial charge in [0.15, 0.2) is 5.96 Å². The standard InChI is InChI=1S/C13H15Cl2N3O/c1-3-4-17-13(16-2)18-8-12(19)9-5-10(14)7-11(15)6-9/h1,5-7,12,19H,4,8H2,2H3,(H2,16,17,18). The number of aliphatic hydroxyl groups excluding tert-OH is 1. The Kier molecular flexibility index (Phi) is 6.51. The number of halogens is 2. The summed E-state index contributed by atoms with van der Waals surface area (Å²) in [6.07, 6.45) is 4.39. The number of benzene rings is 1. The first-order valence-corrected chi connectivity index (χ1v) is 6.34. The van der Waals surface area contributed by atoms with E-state index in [0.29, 0.717) is 28.1 Å². The molecule has 4 nitrogen and oxygen atoms in total. The van der Waals surface area contributed by atoms with E-state index in [0.717, 1.165) is 0 Å². The number of terminal acetylenes is 1. The van der Waals surface area contributed by atoms with E-state index in [1.165, 1.54) is 0 Å². The molecule has 1 aromatic carbocycles. The van der Waals surface area contributed by atoms with Gasteiger partial charge in [0.05, 0.1) is 12.6 Å². The number of nitrogens with zero attached hydrogens (tertiary/aromatic N) is 1. The number of hydrogen-bond donors (Lipinski definition) is 3. The molecule has 0 heterocycles. The molecule has 3 N–H and O–H groups in total. The second-order valence-electron chi connectivity index (χ2n) is 3.73. The molecule has 19 heavy (non-hydrogen) atoms. The van der Waals surface area contributed by atoms with E-state index in [1.54, 1.807) is 25.2 Å². The van der Waals surface area contributed by atoms with Gasteiger partial charge in [-0.1, -0.05) is 29.1 Å². The van der Waals surface area contributed by atoms with Crippen LogP contribution in [-0.2, 0) is 0 Å². The van der Waals surface area contributed by atoms with Crippen LogP contribution in [-0.4, -0.2) is 31.2 Å². The number of rotatable bonds is 4. The molecule has 1 aromatic rings. The van der Waals surface area contributed by atoms with Crippen molar-refractivity contribution in [1.29, 1.82) is 0 Å². The fourth-order valence-corrected chi connectivity index (χ4v) is 1.98. The van der Waals surface area contributed by atoms with E-state index < -0.39 is 6.10 Å². The smallest absolute Gasteiger partial charge is 0.191 e. The highest BCUT2D eigenvalue weighted by Crippen LogP contribution is 2.23. The highest BCUT2D eigenvalue weighted by Gasteiger charge is 2.10. The quantitative estimate of drug-likeness (QED) is 0.452. The van der Waals surface area contributed by atoms with Crippen molar-refractivity contribution in [1.82, 2.24) is 10.6 Å². The molecule has 0 amide bonds. The number of hydrogen-bond acceptors (Lipinski definition) is 2. The third kappa shape index (κ3) is 5.39.